The third-order valence-electron chi connectivity index (χ3n) is 5.95. The molecule has 0 aliphatic heterocycles. The second kappa shape index (κ2) is 12.0. The van der Waals surface area contributed by atoms with E-state index in [2.05, 4.69) is 25.6 Å². The molecule has 0 saturated heterocycles. The molecule has 0 unspecified atom stereocenters. The number of aromatic amines is 1. The van der Waals surface area contributed by atoms with Gasteiger partial charge >= 0.3 is 11.9 Å². The van der Waals surface area contributed by atoms with Crippen LogP contribution in [0.15, 0.2) is 48.5 Å². The SMILES string of the molecule is CCCc1nc(CO)c(C(=O)OCCOC(=O)C(C)(C)C)n1-c1ccc(-c2ccccc2-c2nn[nH]n2)cc1. The number of hydrogen-bond acceptors (Lipinski definition) is 9. The average molecular weight is 533 g/mol. The van der Waals surface area contributed by atoms with Gasteiger partial charge in [-0.1, -0.05) is 43.3 Å². The van der Waals surface area contributed by atoms with Crippen molar-refractivity contribution in [1.82, 2.24) is 30.2 Å². The van der Waals surface area contributed by atoms with Crippen LogP contribution in [0.5, 0.6) is 0 Å². The molecule has 0 fully saturated rings. The van der Waals surface area contributed by atoms with Gasteiger partial charge in [0, 0.05) is 17.7 Å². The quantitative estimate of drug-likeness (QED) is 0.229. The summed E-state index contributed by atoms with van der Waals surface area (Å²) in [5.41, 5.74) is 3.07. The predicted molar refractivity (Wildman–Crippen MR) is 143 cm³/mol. The molecule has 0 bridgehead atoms. The molecule has 2 aromatic carbocycles. The van der Waals surface area contributed by atoms with Crippen LogP contribution in [-0.2, 0) is 27.3 Å². The summed E-state index contributed by atoms with van der Waals surface area (Å²) in [6.07, 6.45) is 1.38. The van der Waals surface area contributed by atoms with Crippen molar-refractivity contribution in [2.45, 2.75) is 47.1 Å². The second-order valence-corrected chi connectivity index (χ2v) is 9.92. The van der Waals surface area contributed by atoms with Gasteiger partial charge < -0.3 is 14.6 Å². The summed E-state index contributed by atoms with van der Waals surface area (Å²) < 4.78 is 12.3. The van der Waals surface area contributed by atoms with E-state index in [1.54, 1.807) is 25.3 Å². The van der Waals surface area contributed by atoms with Crippen molar-refractivity contribution in [2.24, 2.45) is 5.41 Å². The van der Waals surface area contributed by atoms with Gasteiger partial charge in [0.05, 0.1) is 17.7 Å². The highest BCUT2D eigenvalue weighted by atomic mass is 16.6. The molecule has 204 valence electrons. The summed E-state index contributed by atoms with van der Waals surface area (Å²) in [4.78, 5) is 29.7. The summed E-state index contributed by atoms with van der Waals surface area (Å²) in [6, 6.07) is 15.4. The van der Waals surface area contributed by atoms with E-state index < -0.39 is 18.0 Å². The molecule has 0 radical (unpaired) electrons. The Kier molecular flexibility index (Phi) is 8.50. The molecule has 0 aliphatic carbocycles. The van der Waals surface area contributed by atoms with Gasteiger partial charge in [-0.2, -0.15) is 5.21 Å². The highest BCUT2D eigenvalue weighted by Gasteiger charge is 2.26. The van der Waals surface area contributed by atoms with Crippen molar-refractivity contribution < 1.29 is 24.2 Å². The number of nitrogens with zero attached hydrogens (tertiary/aromatic N) is 5. The maximum absolute atomic E-state index is 13.2. The summed E-state index contributed by atoms with van der Waals surface area (Å²) in [5.74, 6) is 0.0750. The highest BCUT2D eigenvalue weighted by molar-refractivity contribution is 5.90. The molecule has 0 saturated carbocycles. The number of carbonyl (C=O) groups is 2. The fraction of sp³-hybridized carbons (Fsp3) is 0.357. The number of aliphatic hydroxyl groups excluding tert-OH is 1. The lowest BCUT2D eigenvalue weighted by Gasteiger charge is -2.17. The number of tetrazole rings is 1. The largest absolute Gasteiger partial charge is 0.462 e. The Morgan fingerprint density at radius 3 is 2.31 bits per heavy atom. The lowest BCUT2D eigenvalue weighted by Crippen LogP contribution is -2.25. The predicted octanol–water partition coefficient (Wildman–Crippen LogP) is 3.91. The molecule has 2 heterocycles. The van der Waals surface area contributed by atoms with Crippen molar-refractivity contribution in [3.05, 3.63) is 65.7 Å². The highest BCUT2D eigenvalue weighted by Crippen LogP contribution is 2.31. The molecule has 39 heavy (non-hydrogen) atoms. The number of benzene rings is 2. The number of nitrogens with one attached hydrogen (secondary N) is 1. The molecular formula is C28H32N6O5. The maximum Gasteiger partial charge on any atom is 0.357 e. The zero-order chi connectivity index (χ0) is 28.0. The van der Waals surface area contributed by atoms with Gasteiger partial charge in [0.25, 0.3) is 0 Å². The number of esters is 2. The van der Waals surface area contributed by atoms with Crippen molar-refractivity contribution in [2.75, 3.05) is 13.2 Å². The van der Waals surface area contributed by atoms with Gasteiger partial charge in [-0.25, -0.2) is 9.78 Å². The molecule has 4 aromatic rings. The van der Waals surface area contributed by atoms with Gasteiger partial charge in [-0.15, -0.1) is 10.2 Å². The van der Waals surface area contributed by atoms with E-state index in [4.69, 9.17) is 9.47 Å². The number of hydrogen-bond donors (Lipinski definition) is 2. The van der Waals surface area contributed by atoms with E-state index in [1.807, 2.05) is 55.5 Å². The van der Waals surface area contributed by atoms with Gasteiger partial charge in [-0.3, -0.25) is 9.36 Å². The lowest BCUT2D eigenvalue weighted by atomic mass is 9.97. The normalized spacial score (nSPS) is 11.4. The zero-order valence-corrected chi connectivity index (χ0v) is 22.5. The Morgan fingerprint density at radius 1 is 1.00 bits per heavy atom. The first kappa shape index (κ1) is 27.6. The van der Waals surface area contributed by atoms with Crippen LogP contribution in [0.2, 0.25) is 0 Å². The zero-order valence-electron chi connectivity index (χ0n) is 22.5. The average Bonchev–Trinajstić information content (AvgIpc) is 3.59. The van der Waals surface area contributed by atoms with E-state index in [-0.39, 0.29) is 30.6 Å². The van der Waals surface area contributed by atoms with Crippen molar-refractivity contribution in [1.29, 1.82) is 0 Å². The van der Waals surface area contributed by atoms with E-state index in [0.717, 1.165) is 23.1 Å². The molecule has 0 atom stereocenters. The number of H-pyrrole nitrogens is 1. The Labute approximate surface area is 226 Å². The van der Waals surface area contributed by atoms with Crippen LogP contribution in [0.3, 0.4) is 0 Å². The minimum absolute atomic E-state index is 0.0687. The summed E-state index contributed by atoms with van der Waals surface area (Å²) in [5, 5.41) is 24.3. The minimum Gasteiger partial charge on any atom is -0.462 e. The molecular weight excluding hydrogens is 500 g/mol. The topological polar surface area (TPSA) is 145 Å². The van der Waals surface area contributed by atoms with Crippen molar-refractivity contribution in [3.63, 3.8) is 0 Å². The van der Waals surface area contributed by atoms with Gasteiger partial charge in [0.1, 0.15) is 19.0 Å². The number of rotatable bonds is 10. The van der Waals surface area contributed by atoms with Gasteiger partial charge in [-0.05, 0) is 55.7 Å². The Bertz CT molecular complexity index is 1420. The maximum atomic E-state index is 13.2. The van der Waals surface area contributed by atoms with Crippen LogP contribution in [0.25, 0.3) is 28.2 Å². The summed E-state index contributed by atoms with van der Waals surface area (Å²) >= 11 is 0. The molecule has 0 amide bonds. The second-order valence-electron chi connectivity index (χ2n) is 9.92. The first-order valence-corrected chi connectivity index (χ1v) is 12.7. The number of aliphatic hydroxyl groups is 1. The first-order valence-electron chi connectivity index (χ1n) is 12.7. The van der Waals surface area contributed by atoms with Gasteiger partial charge in [0.2, 0.25) is 5.82 Å². The van der Waals surface area contributed by atoms with E-state index >= 15 is 0 Å². The van der Waals surface area contributed by atoms with Crippen LogP contribution in [0, 0.1) is 5.41 Å². The van der Waals surface area contributed by atoms with Crippen LogP contribution in [0.4, 0.5) is 0 Å². The third-order valence-corrected chi connectivity index (χ3v) is 5.95. The van der Waals surface area contributed by atoms with E-state index in [0.29, 0.717) is 23.8 Å². The standard InChI is InChI=1S/C28H32N6O5/c1-5-8-23-29-22(17-35)24(26(36)38-15-16-39-27(37)28(2,3)4)34(23)19-13-11-18(12-14-19)20-9-6-7-10-21(20)25-30-32-33-31-25/h6-7,9-14,35H,5,8,15-17H2,1-4H3,(H,30,31,32,33). The molecule has 2 N–H and O–H groups in total. The molecule has 2 aromatic heterocycles. The summed E-state index contributed by atoms with van der Waals surface area (Å²) in [6.45, 7) is 6.64. The number of aromatic nitrogens is 6. The summed E-state index contributed by atoms with van der Waals surface area (Å²) in [7, 11) is 0. The molecule has 4 rings (SSSR count). The minimum atomic E-state index is -0.660. The fourth-order valence-electron chi connectivity index (χ4n) is 4.06. The third kappa shape index (κ3) is 6.20. The number of aryl methyl sites for hydroxylation is 1. The number of imidazole rings is 1. The number of ether oxygens (including phenoxy) is 2. The van der Waals surface area contributed by atoms with Gasteiger partial charge in [0.15, 0.2) is 5.69 Å². The van der Waals surface area contributed by atoms with Crippen LogP contribution in [0.1, 0.15) is 56.1 Å². The Balaban J connectivity index is 1.63. The van der Waals surface area contributed by atoms with E-state index in [9.17, 15) is 14.7 Å². The van der Waals surface area contributed by atoms with Crippen LogP contribution in [-0.4, -0.2) is 60.4 Å². The molecule has 0 aliphatic rings. The van der Waals surface area contributed by atoms with Crippen LogP contribution >= 0.6 is 0 Å². The van der Waals surface area contributed by atoms with E-state index in [1.165, 1.54) is 0 Å². The fourth-order valence-corrected chi connectivity index (χ4v) is 4.06. The van der Waals surface area contributed by atoms with Crippen LogP contribution < -0.4 is 0 Å². The number of carbonyl (C=O) groups excluding carboxylic acids is 2. The first-order chi connectivity index (χ1) is 18.7. The lowest BCUT2D eigenvalue weighted by molar-refractivity contribution is -0.154. The Morgan fingerprint density at radius 2 is 1.69 bits per heavy atom. The monoisotopic (exact) mass is 532 g/mol. The van der Waals surface area contributed by atoms with Crippen molar-refractivity contribution in [3.8, 4) is 28.2 Å². The Hall–Kier alpha value is -4.38. The molecule has 11 heteroatoms. The smallest absolute Gasteiger partial charge is 0.357 e. The molecule has 0 spiro atoms. The molecule has 11 nitrogen and oxygen atoms in total. The van der Waals surface area contributed by atoms with Crippen molar-refractivity contribution >= 4 is 11.9 Å².